The number of halogens is 1. The van der Waals surface area contributed by atoms with Crippen molar-refractivity contribution < 1.29 is 17.3 Å². The maximum absolute atomic E-state index is 11.4. The van der Waals surface area contributed by atoms with E-state index in [1.165, 1.54) is 19.3 Å². The van der Waals surface area contributed by atoms with E-state index in [1.54, 1.807) is 0 Å². The molecule has 0 atom stereocenters. The van der Waals surface area contributed by atoms with Gasteiger partial charge < -0.3 is 5.32 Å². The van der Waals surface area contributed by atoms with Gasteiger partial charge in [0.1, 0.15) is 0 Å². The predicted molar refractivity (Wildman–Crippen MR) is 69.0 cm³/mol. The highest BCUT2D eigenvalue weighted by molar-refractivity contribution is 7.86. The summed E-state index contributed by atoms with van der Waals surface area (Å²) in [6.45, 7) is 2.14. The number of hydrogen-bond acceptors (Lipinski definition) is 4. The van der Waals surface area contributed by atoms with Crippen molar-refractivity contribution in [1.82, 2.24) is 5.32 Å². The Labute approximate surface area is 105 Å². The zero-order valence-electron chi connectivity index (χ0n) is 11.2. The summed E-state index contributed by atoms with van der Waals surface area (Å²) in [6.07, 6.45) is 7.08. The first kappa shape index (κ1) is 19.1. The molecule has 0 saturated heterocycles. The van der Waals surface area contributed by atoms with Crippen molar-refractivity contribution in [3.63, 3.8) is 0 Å². The van der Waals surface area contributed by atoms with Crippen molar-refractivity contribution in [3.8, 4) is 0 Å². The lowest BCUT2D eigenvalue weighted by Crippen LogP contribution is -2.05. The summed E-state index contributed by atoms with van der Waals surface area (Å²) < 4.78 is 35.3. The van der Waals surface area contributed by atoms with Crippen LogP contribution in [0.1, 0.15) is 51.9 Å². The molecule has 17 heavy (non-hydrogen) atoms. The van der Waals surface area contributed by atoms with E-state index < -0.39 is 10.1 Å². The van der Waals surface area contributed by atoms with Gasteiger partial charge in [-0.2, -0.15) is 8.42 Å². The Bertz CT molecular complexity index is 233. The average Bonchev–Trinajstić information content (AvgIpc) is 2.29. The highest BCUT2D eigenvalue weighted by Crippen LogP contribution is 2.08. The molecule has 0 aromatic rings. The van der Waals surface area contributed by atoms with Gasteiger partial charge in [0, 0.05) is 0 Å². The molecule has 0 rings (SSSR count). The first-order valence-corrected chi connectivity index (χ1v) is 7.73. The molecule has 106 valence electrons. The number of rotatable bonds is 9. The third-order valence-corrected chi connectivity index (χ3v) is 3.07. The topological polar surface area (TPSA) is 55.4 Å². The van der Waals surface area contributed by atoms with Crippen LogP contribution in [0.5, 0.6) is 0 Å². The SMILES string of the molecule is CCCCCCCCCS(=O)(=O)OF.CNC. The van der Waals surface area contributed by atoms with E-state index >= 15 is 0 Å². The summed E-state index contributed by atoms with van der Waals surface area (Å²) in [5, 5.41) is 2.75. The maximum Gasteiger partial charge on any atom is 0.297 e. The quantitative estimate of drug-likeness (QED) is 0.655. The Kier molecular flexibility index (Phi) is 15.6. The van der Waals surface area contributed by atoms with Crippen LogP contribution in [0.3, 0.4) is 0 Å². The highest BCUT2D eigenvalue weighted by atomic mass is 32.2. The van der Waals surface area contributed by atoms with Crippen LogP contribution in [-0.2, 0) is 14.5 Å². The second-order valence-corrected chi connectivity index (χ2v) is 5.60. The zero-order chi connectivity index (χ0) is 13.6. The number of nitrogens with one attached hydrogen (secondary N) is 1. The van der Waals surface area contributed by atoms with Crippen LogP contribution in [-0.4, -0.2) is 28.3 Å². The first-order chi connectivity index (χ1) is 8.04. The van der Waals surface area contributed by atoms with Crippen LogP contribution in [0.15, 0.2) is 0 Å². The van der Waals surface area contributed by atoms with E-state index in [-0.39, 0.29) is 5.75 Å². The molecule has 0 aliphatic carbocycles. The van der Waals surface area contributed by atoms with Crippen molar-refractivity contribution in [2.75, 3.05) is 19.8 Å². The smallest absolute Gasteiger partial charge is 0.297 e. The summed E-state index contributed by atoms with van der Waals surface area (Å²) in [7, 11) is -0.134. The number of unbranched alkanes of at least 4 members (excludes halogenated alkanes) is 6. The van der Waals surface area contributed by atoms with E-state index in [2.05, 4.69) is 16.6 Å². The molecule has 0 aliphatic rings. The van der Waals surface area contributed by atoms with E-state index in [1.807, 2.05) is 14.1 Å². The molecule has 0 unspecified atom stereocenters. The van der Waals surface area contributed by atoms with Crippen LogP contribution >= 0.6 is 0 Å². The third-order valence-electron chi connectivity index (χ3n) is 2.09. The van der Waals surface area contributed by atoms with Crippen molar-refractivity contribution in [3.05, 3.63) is 0 Å². The highest BCUT2D eigenvalue weighted by Gasteiger charge is 2.09. The fraction of sp³-hybridized carbons (Fsp3) is 1.00. The summed E-state index contributed by atoms with van der Waals surface area (Å²) in [5.74, 6) is -0.211. The van der Waals surface area contributed by atoms with Gasteiger partial charge in [-0.15, -0.1) is 0 Å². The molecule has 0 aromatic carbocycles. The fourth-order valence-corrected chi connectivity index (χ4v) is 1.89. The van der Waals surface area contributed by atoms with Gasteiger partial charge in [0.2, 0.25) is 0 Å². The Hall–Kier alpha value is -0.200. The second kappa shape index (κ2) is 13.9. The minimum atomic E-state index is -3.88. The molecule has 4 nitrogen and oxygen atoms in total. The molecule has 0 heterocycles. The van der Waals surface area contributed by atoms with Crippen molar-refractivity contribution in [2.45, 2.75) is 51.9 Å². The molecule has 0 fully saturated rings. The van der Waals surface area contributed by atoms with E-state index in [9.17, 15) is 12.9 Å². The summed E-state index contributed by atoms with van der Waals surface area (Å²) in [6, 6.07) is 0. The molecule has 0 aliphatic heterocycles. The van der Waals surface area contributed by atoms with Crippen LogP contribution in [0, 0.1) is 0 Å². The Morgan fingerprint density at radius 3 is 1.82 bits per heavy atom. The van der Waals surface area contributed by atoms with Crippen molar-refractivity contribution in [2.24, 2.45) is 0 Å². The van der Waals surface area contributed by atoms with Crippen LogP contribution < -0.4 is 5.32 Å². The fourth-order valence-electron chi connectivity index (χ4n) is 1.27. The lowest BCUT2D eigenvalue weighted by atomic mass is 10.1. The van der Waals surface area contributed by atoms with Gasteiger partial charge in [-0.1, -0.05) is 49.8 Å². The van der Waals surface area contributed by atoms with Crippen LogP contribution in [0.2, 0.25) is 0 Å². The van der Waals surface area contributed by atoms with Gasteiger partial charge in [0.15, 0.2) is 0 Å². The molecule has 6 heteroatoms. The summed E-state index contributed by atoms with van der Waals surface area (Å²) in [5.41, 5.74) is 0. The first-order valence-electron chi connectivity index (χ1n) is 6.15. The van der Waals surface area contributed by atoms with E-state index in [0.717, 1.165) is 19.3 Å². The second-order valence-electron chi connectivity index (χ2n) is 3.95. The third kappa shape index (κ3) is 18.4. The Morgan fingerprint density at radius 1 is 1.00 bits per heavy atom. The molecule has 0 amide bonds. The van der Waals surface area contributed by atoms with Gasteiger partial charge in [-0.3, -0.25) is 0 Å². The van der Waals surface area contributed by atoms with Crippen LogP contribution in [0.25, 0.3) is 0 Å². The standard InChI is InChI=1S/C9H19FO3S.C2H7N/c1-2-3-4-5-6-7-8-9-14(11,12)13-10;1-3-2/h2-9H2,1H3;3H,1-2H3. The zero-order valence-corrected chi connectivity index (χ0v) is 12.0. The van der Waals surface area contributed by atoms with E-state index in [4.69, 9.17) is 0 Å². The monoisotopic (exact) mass is 271 g/mol. The minimum Gasteiger partial charge on any atom is -0.323 e. The van der Waals surface area contributed by atoms with E-state index in [0.29, 0.717) is 6.42 Å². The Morgan fingerprint density at radius 2 is 1.41 bits per heavy atom. The van der Waals surface area contributed by atoms with Crippen LogP contribution in [0.4, 0.5) is 4.53 Å². The van der Waals surface area contributed by atoms with Gasteiger partial charge in [-0.25, -0.2) is 0 Å². The van der Waals surface area contributed by atoms with Gasteiger partial charge >= 0.3 is 0 Å². The molecule has 0 radical (unpaired) electrons. The van der Waals surface area contributed by atoms with Crippen molar-refractivity contribution in [1.29, 1.82) is 0 Å². The average molecular weight is 271 g/mol. The Balaban J connectivity index is 0. The molecule has 0 bridgehead atoms. The predicted octanol–water partition coefficient (Wildman–Crippen LogP) is 2.80. The molecule has 0 aromatic heterocycles. The molecule has 1 N–H and O–H groups in total. The van der Waals surface area contributed by atoms with Gasteiger partial charge in [0.25, 0.3) is 10.1 Å². The molecular weight excluding hydrogens is 245 g/mol. The lowest BCUT2D eigenvalue weighted by molar-refractivity contribution is 0.00288. The minimum absolute atomic E-state index is 0.211. The summed E-state index contributed by atoms with van der Waals surface area (Å²) in [4.78, 5) is 0. The van der Waals surface area contributed by atoms with Crippen molar-refractivity contribution >= 4 is 10.1 Å². The molecule has 0 spiro atoms. The normalized spacial score (nSPS) is 10.8. The lowest BCUT2D eigenvalue weighted by Gasteiger charge is -2.00. The largest absolute Gasteiger partial charge is 0.323 e. The number of hydrogen-bond donors (Lipinski definition) is 1. The summed E-state index contributed by atoms with van der Waals surface area (Å²) >= 11 is 0. The molecular formula is C11H26FNO3S. The maximum atomic E-state index is 11.4. The van der Waals surface area contributed by atoms with Gasteiger partial charge in [0.05, 0.1) is 5.75 Å². The molecule has 0 saturated carbocycles. The van der Waals surface area contributed by atoms with Gasteiger partial charge in [-0.05, 0) is 25.0 Å².